The quantitative estimate of drug-likeness (QED) is 0.794. The summed E-state index contributed by atoms with van der Waals surface area (Å²) in [5, 5.41) is 3.15. The van der Waals surface area contributed by atoms with Gasteiger partial charge in [-0.1, -0.05) is 6.08 Å². The van der Waals surface area contributed by atoms with E-state index in [-0.39, 0.29) is 5.91 Å². The number of thiazole rings is 1. The number of amides is 1. The Morgan fingerprint density at radius 3 is 3.12 bits per heavy atom. The third-order valence-corrected chi connectivity index (χ3v) is 5.07. The van der Waals surface area contributed by atoms with Gasteiger partial charge in [-0.25, -0.2) is 9.97 Å². The van der Waals surface area contributed by atoms with Crippen LogP contribution in [0.5, 0.6) is 0 Å². The third kappa shape index (κ3) is 2.97. The van der Waals surface area contributed by atoms with Crippen molar-refractivity contribution < 1.29 is 4.79 Å². The Kier molecular flexibility index (Phi) is 4.13. The first kappa shape index (κ1) is 15.1. The number of pyridine rings is 1. The van der Waals surface area contributed by atoms with Gasteiger partial charge in [0.15, 0.2) is 0 Å². The number of aryl methyl sites for hydroxylation is 1. The second kappa shape index (κ2) is 6.57. The predicted molar refractivity (Wildman–Crippen MR) is 95.7 cm³/mol. The average Bonchev–Trinajstić information content (AvgIpc) is 3.29. The summed E-state index contributed by atoms with van der Waals surface area (Å²) in [5.41, 5.74) is 6.22. The standard InChI is InChI=1S/C18H18N4OS/c23-17(4-3-14-11-24-12-21-14)22-8-5-13(6-9-22)16-10-20-18-15(16)2-1-7-19-18/h1-2,5,7,10-12H,3-4,6,8-9H2,(H,19,20). The van der Waals surface area contributed by atoms with E-state index < -0.39 is 0 Å². The maximum atomic E-state index is 12.4. The van der Waals surface area contributed by atoms with Crippen LogP contribution in [0.1, 0.15) is 24.1 Å². The maximum Gasteiger partial charge on any atom is 0.223 e. The van der Waals surface area contributed by atoms with E-state index in [2.05, 4.69) is 27.1 Å². The zero-order chi connectivity index (χ0) is 16.4. The molecule has 5 nitrogen and oxygen atoms in total. The maximum absolute atomic E-state index is 12.4. The van der Waals surface area contributed by atoms with Crippen LogP contribution in [-0.2, 0) is 11.2 Å². The largest absolute Gasteiger partial charge is 0.346 e. The summed E-state index contributed by atoms with van der Waals surface area (Å²) < 4.78 is 0. The summed E-state index contributed by atoms with van der Waals surface area (Å²) >= 11 is 1.57. The summed E-state index contributed by atoms with van der Waals surface area (Å²) in [7, 11) is 0. The van der Waals surface area contributed by atoms with Crippen molar-refractivity contribution >= 4 is 33.9 Å². The Bertz CT molecular complexity index is 881. The van der Waals surface area contributed by atoms with Crippen LogP contribution in [-0.4, -0.2) is 38.8 Å². The zero-order valence-corrected chi connectivity index (χ0v) is 14.1. The minimum absolute atomic E-state index is 0.207. The topological polar surface area (TPSA) is 61.9 Å². The third-order valence-electron chi connectivity index (χ3n) is 4.44. The first-order chi connectivity index (χ1) is 11.8. The van der Waals surface area contributed by atoms with Gasteiger partial charge >= 0.3 is 0 Å². The number of rotatable bonds is 4. The molecule has 1 aliphatic heterocycles. The van der Waals surface area contributed by atoms with Gasteiger partial charge in [-0.15, -0.1) is 11.3 Å². The van der Waals surface area contributed by atoms with Gasteiger partial charge in [-0.05, 0) is 30.5 Å². The lowest BCUT2D eigenvalue weighted by molar-refractivity contribution is -0.130. The number of H-pyrrole nitrogens is 1. The molecule has 6 heteroatoms. The van der Waals surface area contributed by atoms with Crippen LogP contribution in [0.4, 0.5) is 0 Å². The Hall–Kier alpha value is -2.47. The Morgan fingerprint density at radius 1 is 1.38 bits per heavy atom. The molecule has 0 aromatic carbocycles. The van der Waals surface area contributed by atoms with Crippen molar-refractivity contribution in [2.24, 2.45) is 0 Å². The molecule has 0 fully saturated rings. The minimum atomic E-state index is 0.207. The molecule has 4 heterocycles. The molecule has 0 atom stereocenters. The number of carbonyl (C=O) groups excluding carboxylic acids is 1. The molecule has 3 aromatic heterocycles. The summed E-state index contributed by atoms with van der Waals surface area (Å²) in [6.45, 7) is 1.45. The molecule has 3 aromatic rings. The molecule has 1 amide bonds. The zero-order valence-electron chi connectivity index (χ0n) is 13.2. The number of aromatic nitrogens is 3. The van der Waals surface area contributed by atoms with E-state index in [4.69, 9.17) is 0 Å². The predicted octanol–water partition coefficient (Wildman–Crippen LogP) is 3.27. The molecule has 0 saturated carbocycles. The monoisotopic (exact) mass is 338 g/mol. The number of nitrogens with one attached hydrogen (secondary N) is 1. The fourth-order valence-corrected chi connectivity index (χ4v) is 3.71. The summed E-state index contributed by atoms with van der Waals surface area (Å²) in [6.07, 6.45) is 8.11. The lowest BCUT2D eigenvalue weighted by Gasteiger charge is -2.26. The lowest BCUT2D eigenvalue weighted by atomic mass is 9.99. The van der Waals surface area contributed by atoms with Gasteiger partial charge in [-0.3, -0.25) is 4.79 Å². The Labute approximate surface area is 144 Å². The second-order valence-corrected chi connectivity index (χ2v) is 6.62. The molecule has 0 unspecified atom stereocenters. The van der Waals surface area contributed by atoms with Crippen molar-refractivity contribution in [3.05, 3.63) is 52.8 Å². The van der Waals surface area contributed by atoms with E-state index in [1.54, 1.807) is 17.5 Å². The van der Waals surface area contributed by atoms with Crippen molar-refractivity contribution in [3.8, 4) is 0 Å². The molecule has 1 N–H and O–H groups in total. The van der Waals surface area contributed by atoms with Crippen molar-refractivity contribution in [2.45, 2.75) is 19.3 Å². The number of aromatic amines is 1. The molecule has 0 spiro atoms. The van der Waals surface area contributed by atoms with E-state index >= 15 is 0 Å². The molecule has 0 bridgehead atoms. The molecular formula is C18H18N4OS. The molecule has 0 saturated heterocycles. The summed E-state index contributed by atoms with van der Waals surface area (Å²) in [4.78, 5) is 26.1. The van der Waals surface area contributed by atoms with Crippen LogP contribution in [0, 0.1) is 0 Å². The number of hydrogen-bond donors (Lipinski definition) is 1. The van der Waals surface area contributed by atoms with Gasteiger partial charge in [-0.2, -0.15) is 0 Å². The van der Waals surface area contributed by atoms with E-state index in [1.165, 1.54) is 11.1 Å². The van der Waals surface area contributed by atoms with Crippen molar-refractivity contribution in [3.63, 3.8) is 0 Å². The first-order valence-electron chi connectivity index (χ1n) is 8.07. The highest BCUT2D eigenvalue weighted by atomic mass is 32.1. The van der Waals surface area contributed by atoms with Gasteiger partial charge in [0.2, 0.25) is 5.91 Å². The van der Waals surface area contributed by atoms with E-state index in [9.17, 15) is 4.79 Å². The number of hydrogen-bond acceptors (Lipinski definition) is 4. The molecule has 0 aliphatic carbocycles. The lowest BCUT2D eigenvalue weighted by Crippen LogP contribution is -2.34. The van der Waals surface area contributed by atoms with E-state index in [0.717, 1.165) is 36.1 Å². The van der Waals surface area contributed by atoms with Gasteiger partial charge < -0.3 is 9.88 Å². The molecule has 1 aliphatic rings. The minimum Gasteiger partial charge on any atom is -0.346 e. The van der Waals surface area contributed by atoms with Crippen LogP contribution >= 0.6 is 11.3 Å². The van der Waals surface area contributed by atoms with Crippen LogP contribution in [0.15, 0.2) is 41.5 Å². The Morgan fingerprint density at radius 2 is 2.33 bits per heavy atom. The molecule has 4 rings (SSSR count). The van der Waals surface area contributed by atoms with Crippen molar-refractivity contribution in [2.75, 3.05) is 13.1 Å². The highest BCUT2D eigenvalue weighted by molar-refractivity contribution is 7.07. The fourth-order valence-electron chi connectivity index (χ4n) is 3.12. The first-order valence-corrected chi connectivity index (χ1v) is 9.02. The SMILES string of the molecule is O=C(CCc1cscn1)N1CC=C(c2c[nH]c3ncccc23)CC1. The van der Waals surface area contributed by atoms with E-state index in [1.807, 2.05) is 28.1 Å². The highest BCUT2D eigenvalue weighted by Gasteiger charge is 2.19. The molecule has 0 radical (unpaired) electrons. The van der Waals surface area contributed by atoms with Crippen LogP contribution in [0.3, 0.4) is 0 Å². The molecule has 122 valence electrons. The molecular weight excluding hydrogens is 320 g/mol. The van der Waals surface area contributed by atoms with Crippen molar-refractivity contribution in [1.29, 1.82) is 0 Å². The van der Waals surface area contributed by atoms with Gasteiger partial charge in [0, 0.05) is 48.2 Å². The second-order valence-electron chi connectivity index (χ2n) is 5.90. The van der Waals surface area contributed by atoms with Gasteiger partial charge in [0.05, 0.1) is 11.2 Å². The Balaban J connectivity index is 1.42. The highest BCUT2D eigenvalue weighted by Crippen LogP contribution is 2.28. The number of nitrogens with zero attached hydrogens (tertiary/aromatic N) is 3. The van der Waals surface area contributed by atoms with E-state index in [0.29, 0.717) is 13.0 Å². The smallest absolute Gasteiger partial charge is 0.223 e. The van der Waals surface area contributed by atoms with Gasteiger partial charge in [0.1, 0.15) is 5.65 Å². The van der Waals surface area contributed by atoms with Gasteiger partial charge in [0.25, 0.3) is 0 Å². The molecule has 24 heavy (non-hydrogen) atoms. The summed E-state index contributed by atoms with van der Waals surface area (Å²) in [5.74, 6) is 0.207. The van der Waals surface area contributed by atoms with Crippen LogP contribution < -0.4 is 0 Å². The number of carbonyl (C=O) groups is 1. The number of fused-ring (bicyclic) bond motifs is 1. The van der Waals surface area contributed by atoms with Crippen LogP contribution in [0.2, 0.25) is 0 Å². The average molecular weight is 338 g/mol. The van der Waals surface area contributed by atoms with Crippen LogP contribution in [0.25, 0.3) is 16.6 Å². The van der Waals surface area contributed by atoms with Crippen molar-refractivity contribution in [1.82, 2.24) is 19.9 Å². The summed E-state index contributed by atoms with van der Waals surface area (Å²) in [6, 6.07) is 4.04. The normalized spacial score (nSPS) is 14.8. The fraction of sp³-hybridized carbons (Fsp3) is 0.278.